The second-order valence-electron chi connectivity index (χ2n) is 4.56. The molecular formula is C12H15FN4O. The van der Waals surface area contributed by atoms with Crippen LogP contribution < -0.4 is 11.5 Å². The molecule has 18 heavy (non-hydrogen) atoms. The van der Waals surface area contributed by atoms with Crippen molar-refractivity contribution in [2.45, 2.75) is 19.9 Å². The number of carbonyl (C=O) groups is 1. The lowest BCUT2D eigenvalue weighted by molar-refractivity contribution is -0.122. The van der Waals surface area contributed by atoms with Crippen LogP contribution in [0, 0.1) is 11.7 Å². The predicted molar refractivity (Wildman–Crippen MR) is 67.2 cm³/mol. The van der Waals surface area contributed by atoms with Gasteiger partial charge in [-0.15, -0.1) is 0 Å². The molecule has 0 bridgehead atoms. The highest BCUT2D eigenvalue weighted by molar-refractivity contribution is 5.85. The van der Waals surface area contributed by atoms with Crippen molar-refractivity contribution in [3.63, 3.8) is 0 Å². The molecule has 96 valence electrons. The lowest BCUT2D eigenvalue weighted by Crippen LogP contribution is -2.31. The third-order valence-electron chi connectivity index (χ3n) is 2.88. The first-order chi connectivity index (χ1) is 8.41. The van der Waals surface area contributed by atoms with Gasteiger partial charge in [0.15, 0.2) is 0 Å². The number of nitrogen functional groups attached to an aromatic ring is 1. The van der Waals surface area contributed by atoms with Crippen LogP contribution in [0.3, 0.4) is 0 Å². The minimum absolute atomic E-state index is 0.0644. The van der Waals surface area contributed by atoms with Gasteiger partial charge in [-0.1, -0.05) is 13.8 Å². The van der Waals surface area contributed by atoms with Crippen molar-refractivity contribution in [1.82, 2.24) is 9.55 Å². The molecule has 0 saturated heterocycles. The van der Waals surface area contributed by atoms with Gasteiger partial charge in [-0.05, 0) is 24.1 Å². The van der Waals surface area contributed by atoms with E-state index in [1.807, 2.05) is 13.8 Å². The van der Waals surface area contributed by atoms with Crippen molar-refractivity contribution in [1.29, 1.82) is 0 Å². The molecule has 1 heterocycles. The number of benzene rings is 1. The van der Waals surface area contributed by atoms with E-state index in [1.54, 1.807) is 0 Å². The van der Waals surface area contributed by atoms with Crippen LogP contribution >= 0.6 is 0 Å². The van der Waals surface area contributed by atoms with E-state index in [1.165, 1.54) is 22.8 Å². The van der Waals surface area contributed by atoms with Crippen LogP contribution in [0.5, 0.6) is 0 Å². The number of hydrogen-bond donors (Lipinski definition) is 2. The van der Waals surface area contributed by atoms with Gasteiger partial charge < -0.3 is 11.5 Å². The first-order valence-electron chi connectivity index (χ1n) is 5.64. The fraction of sp³-hybridized carbons (Fsp3) is 0.333. The van der Waals surface area contributed by atoms with E-state index in [0.29, 0.717) is 11.0 Å². The summed E-state index contributed by atoms with van der Waals surface area (Å²) in [5, 5.41) is 0. The van der Waals surface area contributed by atoms with Crippen molar-refractivity contribution >= 4 is 22.9 Å². The molecule has 0 spiro atoms. The van der Waals surface area contributed by atoms with Gasteiger partial charge in [0, 0.05) is 0 Å². The molecule has 0 saturated carbocycles. The largest absolute Gasteiger partial charge is 0.369 e. The Kier molecular flexibility index (Phi) is 2.94. The van der Waals surface area contributed by atoms with E-state index < -0.39 is 17.8 Å². The van der Waals surface area contributed by atoms with E-state index in [-0.39, 0.29) is 11.9 Å². The first kappa shape index (κ1) is 12.3. The van der Waals surface area contributed by atoms with Crippen LogP contribution in [0.2, 0.25) is 0 Å². The van der Waals surface area contributed by atoms with Crippen LogP contribution in [-0.2, 0) is 4.79 Å². The Morgan fingerprint density at radius 1 is 1.44 bits per heavy atom. The van der Waals surface area contributed by atoms with Crippen molar-refractivity contribution in [2.24, 2.45) is 11.7 Å². The predicted octanol–water partition coefficient (Wildman–Crippen LogP) is 1.44. The van der Waals surface area contributed by atoms with Crippen LogP contribution in [0.15, 0.2) is 18.2 Å². The summed E-state index contributed by atoms with van der Waals surface area (Å²) in [5.74, 6) is -0.825. The Bertz CT molecular complexity index is 605. The average Bonchev–Trinajstić information content (AvgIpc) is 2.55. The molecule has 0 fully saturated rings. The molecule has 0 radical (unpaired) electrons. The number of rotatable bonds is 3. The second-order valence-corrected chi connectivity index (χ2v) is 4.56. The van der Waals surface area contributed by atoms with E-state index in [2.05, 4.69) is 4.98 Å². The summed E-state index contributed by atoms with van der Waals surface area (Å²) in [6.45, 7) is 3.69. The number of nitrogens with two attached hydrogens (primary N) is 2. The molecule has 2 rings (SSSR count). The fourth-order valence-corrected chi connectivity index (χ4v) is 2.13. The fourth-order valence-electron chi connectivity index (χ4n) is 2.13. The summed E-state index contributed by atoms with van der Waals surface area (Å²) in [6.07, 6.45) is 0. The van der Waals surface area contributed by atoms with Crippen molar-refractivity contribution < 1.29 is 9.18 Å². The molecule has 0 aliphatic rings. The third-order valence-corrected chi connectivity index (χ3v) is 2.88. The number of amides is 1. The Balaban J connectivity index is 2.72. The van der Waals surface area contributed by atoms with E-state index in [9.17, 15) is 9.18 Å². The van der Waals surface area contributed by atoms with E-state index in [0.717, 1.165) is 0 Å². The van der Waals surface area contributed by atoms with Gasteiger partial charge in [0.2, 0.25) is 11.9 Å². The highest BCUT2D eigenvalue weighted by Gasteiger charge is 2.25. The highest BCUT2D eigenvalue weighted by atomic mass is 19.1. The third kappa shape index (κ3) is 1.90. The number of primary amides is 1. The maximum Gasteiger partial charge on any atom is 0.240 e. The quantitative estimate of drug-likeness (QED) is 0.864. The standard InChI is InChI=1S/C12H15FN4O/c1-6(2)10(11(14)18)17-9-5-7(13)3-4-8(9)16-12(17)15/h3-6,10H,1-2H3,(H2,14,18)(H2,15,16). The molecule has 1 aromatic heterocycles. The summed E-state index contributed by atoms with van der Waals surface area (Å²) in [6, 6.07) is 3.48. The smallest absolute Gasteiger partial charge is 0.240 e. The first-order valence-corrected chi connectivity index (χ1v) is 5.64. The van der Waals surface area contributed by atoms with Crippen LogP contribution in [0.1, 0.15) is 19.9 Å². The van der Waals surface area contributed by atoms with Gasteiger partial charge in [0.05, 0.1) is 11.0 Å². The van der Waals surface area contributed by atoms with Crippen LogP contribution in [0.4, 0.5) is 10.3 Å². The molecule has 1 aromatic carbocycles. The van der Waals surface area contributed by atoms with Crippen molar-refractivity contribution in [3.05, 3.63) is 24.0 Å². The average molecular weight is 250 g/mol. The van der Waals surface area contributed by atoms with Crippen molar-refractivity contribution in [3.8, 4) is 0 Å². The van der Waals surface area contributed by atoms with Crippen molar-refractivity contribution in [2.75, 3.05) is 5.73 Å². The number of fused-ring (bicyclic) bond motifs is 1. The maximum absolute atomic E-state index is 13.3. The normalized spacial score (nSPS) is 13.1. The molecule has 1 atom stereocenters. The number of carbonyl (C=O) groups excluding carboxylic acids is 1. The molecule has 0 aliphatic heterocycles. The topological polar surface area (TPSA) is 86.9 Å². The summed E-state index contributed by atoms with van der Waals surface area (Å²) < 4.78 is 14.8. The van der Waals surface area contributed by atoms with Gasteiger partial charge in [-0.25, -0.2) is 9.37 Å². The molecule has 6 heteroatoms. The summed E-state index contributed by atoms with van der Waals surface area (Å²) in [4.78, 5) is 15.7. The minimum Gasteiger partial charge on any atom is -0.369 e. The molecule has 1 amide bonds. The molecule has 1 unspecified atom stereocenters. The zero-order valence-electron chi connectivity index (χ0n) is 10.2. The Morgan fingerprint density at radius 2 is 2.11 bits per heavy atom. The van der Waals surface area contributed by atoms with Gasteiger partial charge >= 0.3 is 0 Å². The second kappa shape index (κ2) is 4.29. The van der Waals surface area contributed by atoms with Gasteiger partial charge in [0.1, 0.15) is 11.9 Å². The molecular weight excluding hydrogens is 235 g/mol. The van der Waals surface area contributed by atoms with Crippen LogP contribution in [0.25, 0.3) is 11.0 Å². The number of nitrogens with zero attached hydrogens (tertiary/aromatic N) is 2. The SMILES string of the molecule is CC(C)C(C(N)=O)n1c(N)nc2ccc(F)cc21. The number of hydrogen-bond acceptors (Lipinski definition) is 3. The summed E-state index contributed by atoms with van der Waals surface area (Å²) in [5.41, 5.74) is 12.2. The summed E-state index contributed by atoms with van der Waals surface area (Å²) in [7, 11) is 0. The van der Waals surface area contributed by atoms with Gasteiger partial charge in [0.25, 0.3) is 0 Å². The lowest BCUT2D eigenvalue weighted by Gasteiger charge is -2.20. The van der Waals surface area contributed by atoms with E-state index in [4.69, 9.17) is 11.5 Å². The monoisotopic (exact) mass is 250 g/mol. The lowest BCUT2D eigenvalue weighted by atomic mass is 10.0. The molecule has 0 aliphatic carbocycles. The minimum atomic E-state index is -0.642. The number of imidazole rings is 1. The number of aromatic nitrogens is 2. The highest BCUT2D eigenvalue weighted by Crippen LogP contribution is 2.27. The summed E-state index contributed by atoms with van der Waals surface area (Å²) >= 11 is 0. The maximum atomic E-state index is 13.3. The molecule has 4 N–H and O–H groups in total. The Morgan fingerprint density at radius 3 is 2.67 bits per heavy atom. The number of anilines is 1. The Labute approximate surface area is 104 Å². The zero-order valence-corrected chi connectivity index (χ0v) is 10.2. The molecule has 5 nitrogen and oxygen atoms in total. The van der Waals surface area contributed by atoms with Crippen LogP contribution in [-0.4, -0.2) is 15.5 Å². The van der Waals surface area contributed by atoms with Gasteiger partial charge in [-0.3, -0.25) is 9.36 Å². The van der Waals surface area contributed by atoms with E-state index >= 15 is 0 Å². The molecule has 2 aromatic rings. The number of halogens is 1. The van der Waals surface area contributed by atoms with Gasteiger partial charge in [-0.2, -0.15) is 0 Å². The Hall–Kier alpha value is -2.11. The zero-order chi connectivity index (χ0) is 13.4.